The Morgan fingerprint density at radius 2 is 2.14 bits per heavy atom. The molecule has 1 saturated heterocycles. The van der Waals surface area contributed by atoms with Crippen LogP contribution < -0.4 is 10.5 Å². The van der Waals surface area contributed by atoms with Gasteiger partial charge in [0.05, 0.1) is 13.0 Å². The Kier molecular flexibility index (Phi) is 5.11. The van der Waals surface area contributed by atoms with Crippen LogP contribution >= 0.6 is 0 Å². The second kappa shape index (κ2) is 6.66. The highest BCUT2D eigenvalue weighted by Crippen LogP contribution is 2.33. The van der Waals surface area contributed by atoms with Gasteiger partial charge in [-0.25, -0.2) is 0 Å². The summed E-state index contributed by atoms with van der Waals surface area (Å²) in [6.45, 7) is 1.65. The van der Waals surface area contributed by atoms with Crippen LogP contribution in [0, 0.1) is 5.92 Å². The molecule has 0 aliphatic carbocycles. The van der Waals surface area contributed by atoms with Crippen LogP contribution in [0.2, 0.25) is 0 Å². The number of alkyl halides is 3. The molecule has 0 bridgehead atoms. The van der Waals surface area contributed by atoms with Gasteiger partial charge in [0.15, 0.2) is 0 Å². The van der Waals surface area contributed by atoms with E-state index < -0.39 is 12.1 Å². The van der Waals surface area contributed by atoms with Crippen molar-refractivity contribution in [3.05, 3.63) is 29.3 Å². The molecule has 1 aliphatic heterocycles. The summed E-state index contributed by atoms with van der Waals surface area (Å²) in [5.41, 5.74) is 7.51. The molecule has 21 heavy (non-hydrogen) atoms. The molecule has 1 fully saturated rings. The normalized spacial score (nSPS) is 20.5. The molecule has 0 amide bonds. The van der Waals surface area contributed by atoms with Crippen molar-refractivity contribution in [1.82, 2.24) is 4.90 Å². The number of nitrogens with zero attached hydrogens (tertiary/aromatic N) is 1. The number of nitrogens with two attached hydrogens (primary N) is 1. The van der Waals surface area contributed by atoms with Crippen molar-refractivity contribution in [2.75, 3.05) is 20.2 Å². The van der Waals surface area contributed by atoms with Crippen LogP contribution in [0.15, 0.2) is 18.2 Å². The Balaban J connectivity index is 2.04. The van der Waals surface area contributed by atoms with Gasteiger partial charge in [-0.3, -0.25) is 4.90 Å². The Morgan fingerprint density at radius 1 is 1.38 bits per heavy atom. The van der Waals surface area contributed by atoms with Gasteiger partial charge in [0.1, 0.15) is 5.75 Å². The molecule has 1 aliphatic rings. The fourth-order valence-electron chi connectivity index (χ4n) is 2.81. The summed E-state index contributed by atoms with van der Waals surface area (Å²) < 4.78 is 43.6. The molecular weight excluding hydrogens is 281 g/mol. The van der Waals surface area contributed by atoms with Crippen LogP contribution in [-0.2, 0) is 13.1 Å². The van der Waals surface area contributed by atoms with E-state index >= 15 is 0 Å². The summed E-state index contributed by atoms with van der Waals surface area (Å²) in [5.74, 6) is -0.494. The van der Waals surface area contributed by atoms with Gasteiger partial charge in [-0.05, 0) is 37.1 Å². The van der Waals surface area contributed by atoms with Gasteiger partial charge in [-0.1, -0.05) is 6.07 Å². The summed E-state index contributed by atoms with van der Waals surface area (Å²) in [6.07, 6.45) is -3.28. The average molecular weight is 302 g/mol. The van der Waals surface area contributed by atoms with E-state index in [4.69, 9.17) is 10.5 Å². The molecular formula is C15H21F3N2O. The predicted molar refractivity (Wildman–Crippen MR) is 74.9 cm³/mol. The Bertz CT molecular complexity index is 476. The van der Waals surface area contributed by atoms with Crippen molar-refractivity contribution in [2.24, 2.45) is 11.7 Å². The van der Waals surface area contributed by atoms with Crippen LogP contribution in [-0.4, -0.2) is 31.3 Å². The van der Waals surface area contributed by atoms with Gasteiger partial charge in [0, 0.05) is 25.2 Å². The van der Waals surface area contributed by atoms with Gasteiger partial charge in [0.25, 0.3) is 0 Å². The lowest BCUT2D eigenvalue weighted by Gasteiger charge is -2.33. The first-order valence-electron chi connectivity index (χ1n) is 7.09. The minimum Gasteiger partial charge on any atom is -0.496 e. The largest absolute Gasteiger partial charge is 0.496 e. The molecule has 2 rings (SSSR count). The third-order valence-corrected chi connectivity index (χ3v) is 3.94. The zero-order valence-electron chi connectivity index (χ0n) is 12.1. The number of halogens is 3. The van der Waals surface area contributed by atoms with Gasteiger partial charge in [-0.2, -0.15) is 13.2 Å². The summed E-state index contributed by atoms with van der Waals surface area (Å²) in [5, 5.41) is 0. The van der Waals surface area contributed by atoms with E-state index in [1.165, 1.54) is 0 Å². The van der Waals surface area contributed by atoms with Crippen molar-refractivity contribution < 1.29 is 17.9 Å². The molecule has 1 atom stereocenters. The lowest BCUT2D eigenvalue weighted by molar-refractivity contribution is -0.187. The fraction of sp³-hybridized carbons (Fsp3) is 0.600. The number of likely N-dealkylation sites (tertiary alicyclic amines) is 1. The first-order valence-corrected chi connectivity index (χ1v) is 7.09. The highest BCUT2D eigenvalue weighted by atomic mass is 19.4. The van der Waals surface area contributed by atoms with E-state index in [9.17, 15) is 13.2 Å². The molecule has 3 nitrogen and oxygen atoms in total. The minimum atomic E-state index is -4.10. The smallest absolute Gasteiger partial charge is 0.393 e. The second-order valence-electron chi connectivity index (χ2n) is 5.47. The summed E-state index contributed by atoms with van der Waals surface area (Å²) >= 11 is 0. The van der Waals surface area contributed by atoms with E-state index in [2.05, 4.69) is 0 Å². The first kappa shape index (κ1) is 16.1. The highest BCUT2D eigenvalue weighted by Gasteiger charge is 2.41. The van der Waals surface area contributed by atoms with E-state index in [0.29, 0.717) is 31.8 Å². The van der Waals surface area contributed by atoms with Crippen LogP contribution in [0.4, 0.5) is 13.2 Å². The van der Waals surface area contributed by atoms with Crippen molar-refractivity contribution in [3.63, 3.8) is 0 Å². The lowest BCUT2D eigenvalue weighted by Crippen LogP contribution is -2.41. The van der Waals surface area contributed by atoms with Gasteiger partial charge < -0.3 is 10.5 Å². The summed E-state index contributed by atoms with van der Waals surface area (Å²) in [4.78, 5) is 1.86. The molecule has 118 valence electrons. The molecule has 0 radical (unpaired) electrons. The maximum Gasteiger partial charge on any atom is 0.393 e. The Morgan fingerprint density at radius 3 is 2.76 bits per heavy atom. The summed E-state index contributed by atoms with van der Waals surface area (Å²) in [7, 11) is 1.58. The Hall–Kier alpha value is -1.27. The quantitative estimate of drug-likeness (QED) is 0.929. The fourth-order valence-corrected chi connectivity index (χ4v) is 2.81. The maximum absolute atomic E-state index is 12.8. The monoisotopic (exact) mass is 302 g/mol. The molecule has 0 aromatic heterocycles. The average Bonchev–Trinajstić information content (AvgIpc) is 2.46. The van der Waals surface area contributed by atoms with E-state index in [1.807, 2.05) is 23.1 Å². The number of methoxy groups -OCH3 is 1. The molecule has 1 unspecified atom stereocenters. The van der Waals surface area contributed by atoms with E-state index in [-0.39, 0.29) is 13.0 Å². The van der Waals surface area contributed by atoms with Gasteiger partial charge in [-0.15, -0.1) is 0 Å². The topological polar surface area (TPSA) is 38.5 Å². The zero-order chi connectivity index (χ0) is 15.5. The first-order chi connectivity index (χ1) is 9.94. The molecule has 2 N–H and O–H groups in total. The molecule has 0 spiro atoms. The number of benzene rings is 1. The highest BCUT2D eigenvalue weighted by molar-refractivity contribution is 5.37. The molecule has 6 heteroatoms. The number of rotatable bonds is 4. The van der Waals surface area contributed by atoms with Crippen LogP contribution in [0.5, 0.6) is 5.75 Å². The summed E-state index contributed by atoms with van der Waals surface area (Å²) in [6, 6.07) is 5.62. The third-order valence-electron chi connectivity index (χ3n) is 3.94. The number of hydrogen-bond acceptors (Lipinski definition) is 3. The minimum absolute atomic E-state index is 0.0769. The number of ether oxygens (including phenoxy) is 1. The number of piperidine rings is 1. The van der Waals surface area contributed by atoms with Crippen molar-refractivity contribution in [2.45, 2.75) is 32.1 Å². The van der Waals surface area contributed by atoms with Crippen molar-refractivity contribution in [3.8, 4) is 5.75 Å². The van der Waals surface area contributed by atoms with Crippen molar-refractivity contribution in [1.29, 1.82) is 0 Å². The third kappa shape index (κ3) is 4.11. The lowest BCUT2D eigenvalue weighted by atomic mass is 9.97. The molecule has 1 aromatic carbocycles. The van der Waals surface area contributed by atoms with Crippen LogP contribution in [0.1, 0.15) is 24.0 Å². The van der Waals surface area contributed by atoms with Crippen molar-refractivity contribution >= 4 is 0 Å². The van der Waals surface area contributed by atoms with Gasteiger partial charge in [0.2, 0.25) is 0 Å². The Labute approximate surface area is 122 Å². The second-order valence-corrected chi connectivity index (χ2v) is 5.47. The molecule has 0 saturated carbocycles. The predicted octanol–water partition coefficient (Wildman–Crippen LogP) is 2.93. The molecule has 1 aromatic rings. The molecule has 1 heterocycles. The van der Waals surface area contributed by atoms with Crippen LogP contribution in [0.25, 0.3) is 0 Å². The zero-order valence-corrected chi connectivity index (χ0v) is 12.1. The van der Waals surface area contributed by atoms with Crippen LogP contribution in [0.3, 0.4) is 0 Å². The van der Waals surface area contributed by atoms with Gasteiger partial charge >= 0.3 is 6.18 Å². The SMILES string of the molecule is COc1ccc(CN2CCCC(C(F)(F)F)C2)cc1CN. The van der Waals surface area contributed by atoms with E-state index in [0.717, 1.165) is 11.1 Å². The van der Waals surface area contributed by atoms with E-state index in [1.54, 1.807) is 7.11 Å². The standard InChI is InChI=1S/C15H21F3N2O/c1-21-14-5-4-11(7-12(14)8-19)9-20-6-2-3-13(10-20)15(16,17)18/h4-5,7,13H,2-3,6,8-10,19H2,1H3. The number of hydrogen-bond donors (Lipinski definition) is 1. The maximum atomic E-state index is 12.8.